The molecular weight excluding hydrogens is 322 g/mol. The van der Waals surface area contributed by atoms with Gasteiger partial charge in [0.1, 0.15) is 10.6 Å². The molecule has 3 N–H and O–H groups in total. The van der Waals surface area contributed by atoms with Crippen molar-refractivity contribution in [1.82, 2.24) is 4.98 Å². The fourth-order valence-electron chi connectivity index (χ4n) is 1.97. The highest BCUT2D eigenvalue weighted by Gasteiger charge is 2.12. The van der Waals surface area contributed by atoms with Gasteiger partial charge in [0.15, 0.2) is 5.06 Å². The van der Waals surface area contributed by atoms with Gasteiger partial charge in [0.05, 0.1) is 5.71 Å². The molecule has 0 aliphatic carbocycles. The van der Waals surface area contributed by atoms with Gasteiger partial charge in [-0.25, -0.2) is 0 Å². The molecule has 3 aromatic rings. The van der Waals surface area contributed by atoms with E-state index < -0.39 is 10.4 Å². The molecule has 112 valence electrons. The number of hydrogen-bond donors (Lipinski definition) is 3. The molecule has 1 aromatic carbocycles. The monoisotopic (exact) mass is 333 g/mol. The average molecular weight is 333 g/mol. The molecule has 2 aromatic heterocycles. The Bertz CT molecular complexity index is 952. The molecule has 0 aliphatic rings. The minimum absolute atomic E-state index is 0.00166. The number of hydrazone groups is 1. The summed E-state index contributed by atoms with van der Waals surface area (Å²) >= 11 is 2.10. The summed E-state index contributed by atoms with van der Waals surface area (Å²) in [6.45, 7) is 1.59. The van der Waals surface area contributed by atoms with Crippen LogP contribution in [0.4, 0.5) is 5.00 Å². The van der Waals surface area contributed by atoms with Crippen LogP contribution in [0.3, 0.4) is 0 Å². The Balaban J connectivity index is 1.92. The van der Waals surface area contributed by atoms with Gasteiger partial charge in [-0.15, -0.1) is 11.3 Å². The average Bonchev–Trinajstić information content (AvgIpc) is 2.86. The minimum Gasteiger partial charge on any atom is -0.499 e. The summed E-state index contributed by atoms with van der Waals surface area (Å²) in [7, 11) is 0. The van der Waals surface area contributed by atoms with Crippen LogP contribution in [0.1, 0.15) is 12.5 Å². The van der Waals surface area contributed by atoms with Crippen LogP contribution in [-0.2, 0) is 0 Å². The predicted molar refractivity (Wildman–Crippen MR) is 90.5 cm³/mol. The van der Waals surface area contributed by atoms with Crippen molar-refractivity contribution in [1.29, 1.82) is 0 Å². The first kappa shape index (κ1) is 14.5. The molecule has 6 nitrogen and oxygen atoms in total. The van der Waals surface area contributed by atoms with Crippen LogP contribution >= 0.6 is 22.7 Å². The fraction of sp³-hybridized carbons (Fsp3) is 0.0714. The van der Waals surface area contributed by atoms with Crippen molar-refractivity contribution in [3.8, 4) is 5.06 Å². The summed E-state index contributed by atoms with van der Waals surface area (Å²) < 4.78 is 1.12. The Kier molecular flexibility index (Phi) is 3.78. The zero-order valence-corrected chi connectivity index (χ0v) is 13.0. The van der Waals surface area contributed by atoms with Crippen molar-refractivity contribution in [2.75, 3.05) is 5.43 Å². The number of benzene rings is 1. The lowest BCUT2D eigenvalue weighted by molar-refractivity contribution is 0.487. The zero-order valence-electron chi connectivity index (χ0n) is 11.4. The molecular formula is C14H11N3O3S2. The lowest BCUT2D eigenvalue weighted by Crippen LogP contribution is -2.22. The van der Waals surface area contributed by atoms with E-state index in [9.17, 15) is 14.7 Å². The number of rotatable bonds is 3. The second-order valence-electron chi connectivity index (χ2n) is 4.48. The van der Waals surface area contributed by atoms with Crippen LogP contribution < -0.4 is 15.9 Å². The highest BCUT2D eigenvalue weighted by Crippen LogP contribution is 2.29. The molecule has 0 saturated heterocycles. The second-order valence-corrected chi connectivity index (χ2v) is 6.53. The molecule has 0 radical (unpaired) electrons. The molecule has 0 saturated carbocycles. The van der Waals surface area contributed by atoms with Gasteiger partial charge >= 0.3 is 4.87 Å². The molecule has 0 aliphatic heterocycles. The van der Waals surface area contributed by atoms with Crippen LogP contribution in [0.25, 0.3) is 10.1 Å². The quantitative estimate of drug-likeness (QED) is 0.507. The number of thiophene rings is 1. The molecule has 0 fully saturated rings. The van der Waals surface area contributed by atoms with E-state index in [1.54, 1.807) is 6.92 Å². The number of nitrogens with zero attached hydrogens (tertiary/aromatic N) is 1. The third-order valence-electron chi connectivity index (χ3n) is 2.97. The van der Waals surface area contributed by atoms with Crippen LogP contribution in [0.2, 0.25) is 0 Å². The number of aromatic nitrogens is 1. The molecule has 0 unspecified atom stereocenters. The third-order valence-corrected chi connectivity index (χ3v) is 4.67. The number of aromatic amines is 1. The maximum Gasteiger partial charge on any atom is 0.310 e. The normalized spacial score (nSPS) is 11.8. The van der Waals surface area contributed by atoms with Crippen molar-refractivity contribution in [3.05, 3.63) is 55.9 Å². The van der Waals surface area contributed by atoms with Gasteiger partial charge in [0, 0.05) is 4.70 Å². The van der Waals surface area contributed by atoms with Gasteiger partial charge in [0.25, 0.3) is 5.56 Å². The summed E-state index contributed by atoms with van der Waals surface area (Å²) in [6, 6.07) is 9.87. The van der Waals surface area contributed by atoms with Crippen LogP contribution in [0.15, 0.2) is 45.0 Å². The molecule has 0 atom stereocenters. The molecule has 3 rings (SSSR count). The Hall–Kier alpha value is -2.45. The Morgan fingerprint density at radius 1 is 1.27 bits per heavy atom. The van der Waals surface area contributed by atoms with E-state index in [0.717, 1.165) is 15.1 Å². The van der Waals surface area contributed by atoms with Crippen LogP contribution in [0.5, 0.6) is 5.06 Å². The Morgan fingerprint density at radius 2 is 2.05 bits per heavy atom. The van der Waals surface area contributed by atoms with Gasteiger partial charge in [0.2, 0.25) is 0 Å². The van der Waals surface area contributed by atoms with Gasteiger partial charge in [-0.3, -0.25) is 20.0 Å². The number of anilines is 1. The van der Waals surface area contributed by atoms with Crippen LogP contribution in [0, 0.1) is 0 Å². The van der Waals surface area contributed by atoms with Crippen LogP contribution in [-0.4, -0.2) is 15.8 Å². The number of nitrogens with one attached hydrogen (secondary N) is 2. The van der Waals surface area contributed by atoms with E-state index in [-0.39, 0.29) is 10.6 Å². The SMILES string of the molecule is C/C(=N\Nc1cc2ccccc2s1)c1c(O)sc(=O)[nH]c1=O. The van der Waals surface area contributed by atoms with Crippen molar-refractivity contribution in [3.63, 3.8) is 0 Å². The highest BCUT2D eigenvalue weighted by atomic mass is 32.1. The van der Waals surface area contributed by atoms with E-state index in [0.29, 0.717) is 17.0 Å². The smallest absolute Gasteiger partial charge is 0.310 e. The first-order valence-corrected chi connectivity index (χ1v) is 7.93. The molecule has 0 amide bonds. The first-order valence-electron chi connectivity index (χ1n) is 6.30. The van der Waals surface area contributed by atoms with Crippen molar-refractivity contribution in [2.24, 2.45) is 5.10 Å². The first-order chi connectivity index (χ1) is 10.5. The maximum atomic E-state index is 11.7. The van der Waals surface area contributed by atoms with E-state index in [1.807, 2.05) is 30.3 Å². The largest absolute Gasteiger partial charge is 0.499 e. The van der Waals surface area contributed by atoms with Crippen molar-refractivity contribution in [2.45, 2.75) is 6.92 Å². The number of H-pyrrole nitrogens is 1. The summed E-state index contributed by atoms with van der Waals surface area (Å²) in [5.74, 6) is 0. The second kappa shape index (κ2) is 5.74. The molecule has 8 heteroatoms. The summed E-state index contributed by atoms with van der Waals surface area (Å²) in [6.07, 6.45) is 0. The van der Waals surface area contributed by atoms with Gasteiger partial charge in [-0.1, -0.05) is 18.2 Å². The molecule has 22 heavy (non-hydrogen) atoms. The topological polar surface area (TPSA) is 94.6 Å². The Morgan fingerprint density at radius 3 is 2.77 bits per heavy atom. The Labute approximate surface area is 132 Å². The zero-order chi connectivity index (χ0) is 15.7. The lowest BCUT2D eigenvalue weighted by Gasteiger charge is -2.01. The van der Waals surface area contributed by atoms with Gasteiger partial charge in [-0.05, 0) is 35.8 Å². The van der Waals surface area contributed by atoms with E-state index in [4.69, 9.17) is 0 Å². The number of hydrogen-bond acceptors (Lipinski definition) is 7. The lowest BCUT2D eigenvalue weighted by atomic mass is 10.2. The third kappa shape index (κ3) is 2.78. The summed E-state index contributed by atoms with van der Waals surface area (Å²) in [5, 5.41) is 15.4. The molecule has 0 bridgehead atoms. The minimum atomic E-state index is -0.652. The van der Waals surface area contributed by atoms with Crippen molar-refractivity contribution < 1.29 is 5.11 Å². The van der Waals surface area contributed by atoms with Gasteiger partial charge < -0.3 is 5.11 Å². The predicted octanol–water partition coefficient (Wildman–Crippen LogP) is 2.55. The molecule has 0 spiro atoms. The van der Waals surface area contributed by atoms with E-state index >= 15 is 0 Å². The summed E-state index contributed by atoms with van der Waals surface area (Å²) in [4.78, 5) is 24.4. The fourth-order valence-corrected chi connectivity index (χ4v) is 3.53. The standard InChI is InChI=1S/C14H11N3O3S2/c1-7(11-12(18)15-14(20)22-13(11)19)16-17-10-6-8-4-2-3-5-9(8)21-10/h2-6,17,19H,1H3,(H,15,18,20)/b16-7+. The van der Waals surface area contributed by atoms with Crippen molar-refractivity contribution >= 4 is 43.5 Å². The van der Waals surface area contributed by atoms with Gasteiger partial charge in [-0.2, -0.15) is 5.10 Å². The number of fused-ring (bicyclic) bond motifs is 1. The highest BCUT2D eigenvalue weighted by molar-refractivity contribution is 7.22. The maximum absolute atomic E-state index is 11.7. The number of aromatic hydroxyl groups is 1. The summed E-state index contributed by atoms with van der Waals surface area (Å²) in [5.41, 5.74) is 2.52. The molecule has 2 heterocycles. The van der Waals surface area contributed by atoms with E-state index in [2.05, 4.69) is 15.5 Å². The van der Waals surface area contributed by atoms with E-state index in [1.165, 1.54) is 11.3 Å².